The van der Waals surface area contributed by atoms with E-state index in [1.54, 1.807) is 44.4 Å². The van der Waals surface area contributed by atoms with Crippen LogP contribution < -0.4 is 19.3 Å². The van der Waals surface area contributed by atoms with Gasteiger partial charge in [0.1, 0.15) is 0 Å². The molecule has 0 aliphatic carbocycles. The molecule has 7 heteroatoms. The SMILES string of the molecule is COc1ccc(/C=C/C(=O)N2c3ccccc3COC23C(=O)N(C)c2ccccc23)cc1OC. The molecule has 34 heavy (non-hydrogen) atoms. The number of hydrogen-bond acceptors (Lipinski definition) is 5. The molecule has 2 heterocycles. The summed E-state index contributed by atoms with van der Waals surface area (Å²) in [5, 5.41) is 0. The van der Waals surface area contributed by atoms with Crippen LogP contribution in [0.2, 0.25) is 0 Å². The molecule has 0 aromatic heterocycles. The molecule has 0 N–H and O–H groups in total. The second-order valence-corrected chi connectivity index (χ2v) is 8.06. The zero-order chi connectivity index (χ0) is 23.9. The van der Waals surface area contributed by atoms with Crippen molar-refractivity contribution < 1.29 is 23.8 Å². The largest absolute Gasteiger partial charge is 0.493 e. The Labute approximate surface area is 197 Å². The highest BCUT2D eigenvalue weighted by Gasteiger charge is 2.59. The number of likely N-dealkylation sites (N-methyl/N-ethyl adjacent to an activating group) is 1. The normalized spacial score (nSPS) is 18.9. The lowest BCUT2D eigenvalue weighted by atomic mass is 9.97. The highest BCUT2D eigenvalue weighted by Crippen LogP contribution is 2.49. The molecule has 0 bridgehead atoms. The Bertz CT molecular complexity index is 1320. The number of nitrogens with zero attached hydrogens (tertiary/aromatic N) is 2. The molecule has 3 aromatic rings. The molecule has 5 rings (SSSR count). The van der Waals surface area contributed by atoms with Crippen LogP contribution in [0.15, 0.2) is 72.8 Å². The van der Waals surface area contributed by atoms with Gasteiger partial charge in [-0.2, -0.15) is 0 Å². The molecule has 172 valence electrons. The second kappa shape index (κ2) is 8.35. The number of carbonyl (C=O) groups is 2. The van der Waals surface area contributed by atoms with Crippen LogP contribution in [-0.4, -0.2) is 33.1 Å². The minimum atomic E-state index is -1.57. The first-order valence-corrected chi connectivity index (χ1v) is 10.8. The minimum absolute atomic E-state index is 0.216. The van der Waals surface area contributed by atoms with Crippen molar-refractivity contribution >= 4 is 29.3 Å². The van der Waals surface area contributed by atoms with E-state index in [9.17, 15) is 9.59 Å². The van der Waals surface area contributed by atoms with Crippen LogP contribution in [0.4, 0.5) is 11.4 Å². The molecule has 1 spiro atoms. The number of ether oxygens (including phenoxy) is 3. The summed E-state index contributed by atoms with van der Waals surface area (Å²) in [5.74, 6) is 0.470. The molecule has 0 fully saturated rings. The van der Waals surface area contributed by atoms with Crippen molar-refractivity contribution in [2.45, 2.75) is 12.3 Å². The summed E-state index contributed by atoms with van der Waals surface area (Å²) in [4.78, 5) is 30.4. The molecule has 1 atom stereocenters. The number of carbonyl (C=O) groups excluding carboxylic acids is 2. The fraction of sp³-hybridized carbons (Fsp3) is 0.185. The van der Waals surface area contributed by atoms with Crippen molar-refractivity contribution in [1.29, 1.82) is 0 Å². The van der Waals surface area contributed by atoms with Gasteiger partial charge in [0.25, 0.3) is 17.5 Å². The number of anilines is 2. The maximum Gasteiger partial charge on any atom is 0.285 e. The van der Waals surface area contributed by atoms with E-state index in [0.717, 1.165) is 11.1 Å². The number of methoxy groups -OCH3 is 2. The van der Waals surface area contributed by atoms with E-state index in [1.807, 2.05) is 54.6 Å². The van der Waals surface area contributed by atoms with E-state index in [2.05, 4.69) is 0 Å². The van der Waals surface area contributed by atoms with Gasteiger partial charge in [0.05, 0.1) is 32.2 Å². The van der Waals surface area contributed by atoms with Crippen LogP contribution in [0.1, 0.15) is 16.7 Å². The molecule has 0 saturated heterocycles. The number of fused-ring (bicyclic) bond motifs is 3. The highest BCUT2D eigenvalue weighted by atomic mass is 16.5. The van der Waals surface area contributed by atoms with Crippen molar-refractivity contribution in [2.24, 2.45) is 0 Å². The van der Waals surface area contributed by atoms with E-state index >= 15 is 0 Å². The summed E-state index contributed by atoms with van der Waals surface area (Å²) in [5.41, 5.74) is 2.02. The Morgan fingerprint density at radius 3 is 2.44 bits per heavy atom. The first-order chi connectivity index (χ1) is 16.5. The summed E-state index contributed by atoms with van der Waals surface area (Å²) in [6.45, 7) is 0.216. The first-order valence-electron chi connectivity index (χ1n) is 10.8. The second-order valence-electron chi connectivity index (χ2n) is 8.06. The van der Waals surface area contributed by atoms with Gasteiger partial charge in [0.15, 0.2) is 11.5 Å². The minimum Gasteiger partial charge on any atom is -0.493 e. The summed E-state index contributed by atoms with van der Waals surface area (Å²) < 4.78 is 16.9. The summed E-state index contributed by atoms with van der Waals surface area (Å²) >= 11 is 0. The topological polar surface area (TPSA) is 68.3 Å². The molecular formula is C27H24N2O5. The predicted octanol–water partition coefficient (Wildman–Crippen LogP) is 4.11. The Morgan fingerprint density at radius 2 is 1.68 bits per heavy atom. The third kappa shape index (κ3) is 3.16. The van der Waals surface area contributed by atoms with Crippen LogP contribution in [0.25, 0.3) is 6.08 Å². The van der Waals surface area contributed by atoms with Crippen molar-refractivity contribution in [2.75, 3.05) is 31.1 Å². The quantitative estimate of drug-likeness (QED) is 0.553. The molecule has 2 aliphatic heterocycles. The fourth-order valence-electron chi connectivity index (χ4n) is 4.60. The van der Waals surface area contributed by atoms with Gasteiger partial charge in [-0.15, -0.1) is 0 Å². The zero-order valence-electron chi connectivity index (χ0n) is 19.1. The monoisotopic (exact) mass is 456 g/mol. The van der Waals surface area contributed by atoms with Crippen molar-refractivity contribution in [3.8, 4) is 11.5 Å². The Kier molecular flexibility index (Phi) is 5.34. The van der Waals surface area contributed by atoms with Gasteiger partial charge in [-0.25, -0.2) is 0 Å². The van der Waals surface area contributed by atoms with E-state index in [4.69, 9.17) is 14.2 Å². The molecule has 2 amide bonds. The molecular weight excluding hydrogens is 432 g/mol. The molecule has 0 radical (unpaired) electrons. The first kappa shape index (κ1) is 21.7. The number of hydrogen-bond donors (Lipinski definition) is 0. The van der Waals surface area contributed by atoms with Crippen molar-refractivity contribution in [3.63, 3.8) is 0 Å². The Morgan fingerprint density at radius 1 is 0.971 bits per heavy atom. The van der Waals surface area contributed by atoms with Gasteiger partial charge in [0.2, 0.25) is 0 Å². The molecule has 0 saturated carbocycles. The predicted molar refractivity (Wildman–Crippen MR) is 129 cm³/mol. The van der Waals surface area contributed by atoms with Gasteiger partial charge in [0, 0.05) is 24.3 Å². The maximum absolute atomic E-state index is 13.8. The maximum atomic E-state index is 13.8. The van der Waals surface area contributed by atoms with Crippen LogP contribution in [0.5, 0.6) is 11.5 Å². The van der Waals surface area contributed by atoms with Crippen LogP contribution >= 0.6 is 0 Å². The lowest BCUT2D eigenvalue weighted by Crippen LogP contribution is -2.58. The van der Waals surface area contributed by atoms with Crippen LogP contribution in [0, 0.1) is 0 Å². The molecule has 3 aromatic carbocycles. The lowest BCUT2D eigenvalue weighted by molar-refractivity contribution is -0.151. The number of benzene rings is 3. The zero-order valence-corrected chi connectivity index (χ0v) is 19.1. The van der Waals surface area contributed by atoms with E-state index in [0.29, 0.717) is 28.4 Å². The number of rotatable bonds is 4. The molecule has 1 unspecified atom stereocenters. The highest BCUT2D eigenvalue weighted by molar-refractivity contribution is 6.16. The smallest absolute Gasteiger partial charge is 0.285 e. The Hall–Kier alpha value is -4.10. The van der Waals surface area contributed by atoms with Crippen LogP contribution in [0.3, 0.4) is 0 Å². The summed E-state index contributed by atoms with van der Waals surface area (Å²) in [7, 11) is 4.82. The Balaban J connectivity index is 1.61. The van der Waals surface area contributed by atoms with Crippen molar-refractivity contribution in [3.05, 3.63) is 89.5 Å². The lowest BCUT2D eigenvalue weighted by Gasteiger charge is -2.43. The number of amides is 2. The van der Waals surface area contributed by atoms with E-state index in [-0.39, 0.29) is 18.4 Å². The summed E-state index contributed by atoms with van der Waals surface area (Å²) in [6, 6.07) is 20.3. The van der Waals surface area contributed by atoms with Gasteiger partial charge < -0.3 is 19.1 Å². The van der Waals surface area contributed by atoms with Gasteiger partial charge in [-0.3, -0.25) is 14.5 Å². The van der Waals surface area contributed by atoms with Crippen molar-refractivity contribution in [1.82, 2.24) is 0 Å². The summed E-state index contributed by atoms with van der Waals surface area (Å²) in [6.07, 6.45) is 3.13. The van der Waals surface area contributed by atoms with Crippen LogP contribution in [-0.2, 0) is 26.7 Å². The van der Waals surface area contributed by atoms with Gasteiger partial charge in [-0.1, -0.05) is 42.5 Å². The van der Waals surface area contributed by atoms with E-state index in [1.165, 1.54) is 11.0 Å². The molecule has 7 nitrogen and oxygen atoms in total. The average Bonchev–Trinajstić information content (AvgIpc) is 3.09. The third-order valence-corrected chi connectivity index (χ3v) is 6.26. The van der Waals surface area contributed by atoms with Gasteiger partial charge >= 0.3 is 0 Å². The standard InChI is InChI=1S/C27H24N2O5/c1-28-22-11-7-5-9-20(22)27(26(28)31)29(21-10-6-4-8-19(21)17-34-27)25(30)15-13-18-12-14-23(32-2)24(16-18)33-3/h4-16H,17H2,1-3H3/b15-13+. The average molecular weight is 456 g/mol. The fourth-order valence-corrected chi connectivity index (χ4v) is 4.60. The third-order valence-electron chi connectivity index (χ3n) is 6.26. The van der Waals surface area contributed by atoms with E-state index < -0.39 is 5.72 Å². The van der Waals surface area contributed by atoms with Gasteiger partial charge in [-0.05, 0) is 35.9 Å². The number of para-hydroxylation sites is 2. The molecule has 2 aliphatic rings.